The van der Waals surface area contributed by atoms with Crippen LogP contribution in [0.5, 0.6) is 5.75 Å². The Morgan fingerprint density at radius 2 is 2.10 bits per heavy atom. The van der Waals surface area contributed by atoms with Crippen molar-refractivity contribution >= 4 is 51.5 Å². The lowest BCUT2D eigenvalue weighted by atomic mass is 10.3. The van der Waals surface area contributed by atoms with Crippen LogP contribution in [0, 0.1) is 3.57 Å². The molecule has 6 heteroatoms. The molecule has 0 radical (unpaired) electrons. The van der Waals surface area contributed by atoms with E-state index in [4.69, 9.17) is 22.1 Å². The van der Waals surface area contributed by atoms with Crippen molar-refractivity contribution in [1.29, 1.82) is 0 Å². The monoisotopic (exact) mass is 402 g/mol. The fraction of sp³-hybridized carbons (Fsp3) is 0.0714. The lowest BCUT2D eigenvalue weighted by Crippen LogP contribution is -2.20. The molecule has 0 saturated carbocycles. The van der Waals surface area contributed by atoms with E-state index in [-0.39, 0.29) is 12.5 Å². The van der Waals surface area contributed by atoms with E-state index in [0.29, 0.717) is 22.1 Å². The molecular weight excluding hydrogens is 391 g/mol. The predicted molar refractivity (Wildman–Crippen MR) is 89.1 cm³/mol. The van der Waals surface area contributed by atoms with E-state index in [0.717, 1.165) is 3.57 Å². The molecule has 0 aromatic heterocycles. The third-order valence-electron chi connectivity index (χ3n) is 2.43. The SMILES string of the molecule is Nc1ccc(Cl)c(NC(=O)COc2cccc(I)c2)c1. The van der Waals surface area contributed by atoms with Crippen LogP contribution in [0.2, 0.25) is 5.02 Å². The van der Waals surface area contributed by atoms with Gasteiger partial charge in [-0.05, 0) is 59.0 Å². The number of benzene rings is 2. The van der Waals surface area contributed by atoms with E-state index in [9.17, 15) is 4.79 Å². The minimum absolute atomic E-state index is 0.0920. The van der Waals surface area contributed by atoms with Crippen molar-refractivity contribution in [2.75, 3.05) is 17.7 Å². The highest BCUT2D eigenvalue weighted by molar-refractivity contribution is 14.1. The Balaban J connectivity index is 1.94. The molecular formula is C14H12ClIN2O2. The van der Waals surface area contributed by atoms with E-state index < -0.39 is 0 Å². The third kappa shape index (κ3) is 4.28. The maximum atomic E-state index is 11.8. The first kappa shape index (κ1) is 14.9. The molecule has 1 amide bonds. The summed E-state index contributed by atoms with van der Waals surface area (Å²) in [6.07, 6.45) is 0. The first-order valence-electron chi connectivity index (χ1n) is 5.78. The summed E-state index contributed by atoms with van der Waals surface area (Å²) >= 11 is 8.14. The third-order valence-corrected chi connectivity index (χ3v) is 3.43. The molecule has 0 heterocycles. The van der Waals surface area contributed by atoms with Crippen LogP contribution in [0.1, 0.15) is 0 Å². The van der Waals surface area contributed by atoms with Crippen LogP contribution >= 0.6 is 34.2 Å². The van der Waals surface area contributed by atoms with Crippen LogP contribution in [-0.2, 0) is 4.79 Å². The first-order chi connectivity index (χ1) is 9.54. The van der Waals surface area contributed by atoms with Crippen molar-refractivity contribution < 1.29 is 9.53 Å². The highest BCUT2D eigenvalue weighted by atomic mass is 127. The summed E-state index contributed by atoms with van der Waals surface area (Å²) in [6, 6.07) is 12.4. The number of nitrogen functional groups attached to an aromatic ring is 1. The molecule has 104 valence electrons. The quantitative estimate of drug-likeness (QED) is 0.607. The van der Waals surface area contributed by atoms with Crippen molar-refractivity contribution in [3.8, 4) is 5.75 Å². The summed E-state index contributed by atoms with van der Waals surface area (Å²) in [4.78, 5) is 11.8. The molecule has 0 aliphatic heterocycles. The number of nitrogens with two attached hydrogens (primary N) is 1. The number of carbonyl (C=O) groups is 1. The topological polar surface area (TPSA) is 64.3 Å². The van der Waals surface area contributed by atoms with E-state index in [1.54, 1.807) is 24.3 Å². The predicted octanol–water partition coefficient (Wildman–Crippen LogP) is 3.54. The van der Waals surface area contributed by atoms with Gasteiger partial charge in [-0.25, -0.2) is 0 Å². The van der Waals surface area contributed by atoms with Crippen LogP contribution in [0.3, 0.4) is 0 Å². The van der Waals surface area contributed by atoms with Crippen molar-refractivity contribution in [2.24, 2.45) is 0 Å². The highest BCUT2D eigenvalue weighted by Gasteiger charge is 2.07. The number of ether oxygens (including phenoxy) is 1. The molecule has 0 spiro atoms. The Kier molecular flexibility index (Phi) is 5.08. The maximum absolute atomic E-state index is 11.8. The van der Waals surface area contributed by atoms with Gasteiger partial charge in [-0.2, -0.15) is 0 Å². The van der Waals surface area contributed by atoms with E-state index in [1.165, 1.54) is 0 Å². The molecule has 0 unspecified atom stereocenters. The molecule has 2 aromatic carbocycles. The molecule has 0 aliphatic rings. The summed E-state index contributed by atoms with van der Waals surface area (Å²) in [7, 11) is 0. The zero-order chi connectivity index (χ0) is 14.5. The van der Waals surface area contributed by atoms with Gasteiger partial charge in [0.1, 0.15) is 5.75 Å². The van der Waals surface area contributed by atoms with Crippen LogP contribution in [0.4, 0.5) is 11.4 Å². The van der Waals surface area contributed by atoms with E-state index >= 15 is 0 Å². The molecule has 0 fully saturated rings. The van der Waals surface area contributed by atoms with Gasteiger partial charge in [0.05, 0.1) is 10.7 Å². The Morgan fingerprint density at radius 1 is 1.30 bits per heavy atom. The van der Waals surface area contributed by atoms with Gasteiger partial charge >= 0.3 is 0 Å². The minimum Gasteiger partial charge on any atom is -0.484 e. The summed E-state index contributed by atoms with van der Waals surface area (Å²) in [5.74, 6) is 0.349. The summed E-state index contributed by atoms with van der Waals surface area (Å²) in [6.45, 7) is -0.0920. The zero-order valence-corrected chi connectivity index (χ0v) is 13.3. The summed E-state index contributed by atoms with van der Waals surface area (Å²) < 4.78 is 6.44. The Morgan fingerprint density at radius 3 is 2.85 bits per heavy atom. The van der Waals surface area contributed by atoms with Gasteiger partial charge in [0.25, 0.3) is 5.91 Å². The number of anilines is 2. The van der Waals surface area contributed by atoms with Gasteiger partial charge in [0.15, 0.2) is 6.61 Å². The first-order valence-corrected chi connectivity index (χ1v) is 7.23. The van der Waals surface area contributed by atoms with Crippen LogP contribution in [0.25, 0.3) is 0 Å². The number of carbonyl (C=O) groups excluding carboxylic acids is 1. The standard InChI is InChI=1S/C14H12ClIN2O2/c15-12-5-4-10(17)7-13(12)18-14(19)8-20-11-3-1-2-9(16)6-11/h1-7H,8,17H2,(H,18,19). The molecule has 2 aromatic rings. The molecule has 4 nitrogen and oxygen atoms in total. The van der Waals surface area contributed by atoms with Crippen LogP contribution in [-0.4, -0.2) is 12.5 Å². The van der Waals surface area contributed by atoms with Crippen LogP contribution in [0.15, 0.2) is 42.5 Å². The number of rotatable bonds is 4. The second-order valence-electron chi connectivity index (χ2n) is 4.03. The van der Waals surface area contributed by atoms with Gasteiger partial charge in [-0.3, -0.25) is 4.79 Å². The second-order valence-corrected chi connectivity index (χ2v) is 5.69. The summed E-state index contributed by atoms with van der Waals surface area (Å²) in [5, 5.41) is 3.09. The Labute approximate surface area is 135 Å². The van der Waals surface area contributed by atoms with E-state index in [1.807, 2.05) is 18.2 Å². The molecule has 0 bridgehead atoms. The normalized spacial score (nSPS) is 10.1. The van der Waals surface area contributed by atoms with Gasteiger partial charge in [-0.15, -0.1) is 0 Å². The average molecular weight is 403 g/mol. The lowest BCUT2D eigenvalue weighted by Gasteiger charge is -2.09. The number of nitrogens with one attached hydrogen (secondary N) is 1. The molecule has 0 saturated heterocycles. The van der Waals surface area contributed by atoms with Crippen LogP contribution < -0.4 is 15.8 Å². The molecule has 0 atom stereocenters. The fourth-order valence-electron chi connectivity index (χ4n) is 1.53. The number of halogens is 2. The lowest BCUT2D eigenvalue weighted by molar-refractivity contribution is -0.118. The van der Waals surface area contributed by atoms with E-state index in [2.05, 4.69) is 27.9 Å². The largest absolute Gasteiger partial charge is 0.484 e. The number of hydrogen-bond acceptors (Lipinski definition) is 3. The Bertz CT molecular complexity index is 634. The minimum atomic E-state index is -0.295. The van der Waals surface area contributed by atoms with Gasteiger partial charge in [0.2, 0.25) is 0 Å². The number of hydrogen-bond donors (Lipinski definition) is 2. The van der Waals surface area contributed by atoms with Gasteiger partial charge < -0.3 is 15.8 Å². The molecule has 3 N–H and O–H groups in total. The average Bonchev–Trinajstić information content (AvgIpc) is 2.41. The maximum Gasteiger partial charge on any atom is 0.262 e. The molecule has 20 heavy (non-hydrogen) atoms. The zero-order valence-electron chi connectivity index (χ0n) is 10.4. The highest BCUT2D eigenvalue weighted by Crippen LogP contribution is 2.24. The van der Waals surface area contributed by atoms with Crippen molar-refractivity contribution in [3.63, 3.8) is 0 Å². The van der Waals surface area contributed by atoms with Gasteiger partial charge in [-0.1, -0.05) is 17.7 Å². The number of amides is 1. The molecule has 0 aliphatic carbocycles. The Hall–Kier alpha value is -1.47. The fourth-order valence-corrected chi connectivity index (χ4v) is 2.21. The van der Waals surface area contributed by atoms with Gasteiger partial charge in [0, 0.05) is 9.26 Å². The van der Waals surface area contributed by atoms with Crippen molar-refractivity contribution in [1.82, 2.24) is 0 Å². The second kappa shape index (κ2) is 6.81. The van der Waals surface area contributed by atoms with Crippen molar-refractivity contribution in [3.05, 3.63) is 51.1 Å². The van der Waals surface area contributed by atoms with Crippen molar-refractivity contribution in [2.45, 2.75) is 0 Å². The smallest absolute Gasteiger partial charge is 0.262 e. The molecule has 2 rings (SSSR count). The summed E-state index contributed by atoms with van der Waals surface area (Å²) in [5.41, 5.74) is 6.65.